The van der Waals surface area contributed by atoms with Crippen LogP contribution in [0.15, 0.2) is 24.3 Å². The smallest absolute Gasteiger partial charge is 1.00 e. The summed E-state index contributed by atoms with van der Waals surface area (Å²) >= 11 is 0. The largest absolute Gasteiger partial charge is 1.00 e. The van der Waals surface area contributed by atoms with Gasteiger partial charge in [0.1, 0.15) is 0 Å². The van der Waals surface area contributed by atoms with Crippen molar-refractivity contribution in [2.75, 3.05) is 7.11 Å². The van der Waals surface area contributed by atoms with Gasteiger partial charge in [0.05, 0.1) is 12.7 Å². The van der Waals surface area contributed by atoms with Crippen molar-refractivity contribution in [1.29, 1.82) is 0 Å². The quantitative estimate of drug-likeness (QED) is 0.384. The van der Waals surface area contributed by atoms with Crippen molar-refractivity contribution in [3.05, 3.63) is 29.8 Å². The molecule has 6 heteroatoms. The summed E-state index contributed by atoms with van der Waals surface area (Å²) in [6.07, 6.45) is 0. The molecule has 0 aromatic heterocycles. The van der Waals surface area contributed by atoms with E-state index in [1.165, 1.54) is 19.2 Å². The van der Waals surface area contributed by atoms with E-state index in [0.717, 1.165) is 0 Å². The molecule has 0 unspecified atom stereocenters. The molecule has 1 aromatic carbocycles. The van der Waals surface area contributed by atoms with Gasteiger partial charge in [-0.25, -0.2) is 4.79 Å². The maximum Gasteiger partial charge on any atom is 1.00 e. The molecule has 4 nitrogen and oxygen atoms in total. The van der Waals surface area contributed by atoms with Gasteiger partial charge in [0.2, 0.25) is 0 Å². The first-order valence-electron chi connectivity index (χ1n) is 3.70. The minimum Gasteiger partial charge on any atom is -1.00 e. The van der Waals surface area contributed by atoms with Gasteiger partial charge in [-0.2, -0.15) is 0 Å². The number of methoxy groups -OCH3 is 1. The van der Waals surface area contributed by atoms with Crippen molar-refractivity contribution in [2.45, 2.75) is 0 Å². The van der Waals surface area contributed by atoms with E-state index in [2.05, 4.69) is 4.74 Å². The second-order valence-electron chi connectivity index (χ2n) is 2.45. The molecule has 0 radical (unpaired) electrons. The maximum absolute atomic E-state index is 11.1. The van der Waals surface area contributed by atoms with Crippen molar-refractivity contribution in [2.24, 2.45) is 0 Å². The summed E-state index contributed by atoms with van der Waals surface area (Å²) in [4.78, 5) is 11.1. The van der Waals surface area contributed by atoms with E-state index in [1.54, 1.807) is 12.1 Å². The molecule has 0 aliphatic heterocycles. The summed E-state index contributed by atoms with van der Waals surface area (Å²) in [5, 5.41) is 17.8. The van der Waals surface area contributed by atoms with Crippen LogP contribution in [0, 0.1) is 0 Å². The zero-order valence-corrected chi connectivity index (χ0v) is 10.1. The van der Waals surface area contributed by atoms with Gasteiger partial charge in [0, 0.05) is 0 Å². The second kappa shape index (κ2) is 6.21. The fraction of sp³-hybridized carbons (Fsp3) is 0.125. The number of esters is 1. The fourth-order valence-corrected chi connectivity index (χ4v) is 1.02. The van der Waals surface area contributed by atoms with Crippen LogP contribution in [0.5, 0.6) is 0 Å². The van der Waals surface area contributed by atoms with Gasteiger partial charge in [-0.1, -0.05) is 18.2 Å². The van der Waals surface area contributed by atoms with Crippen LogP contribution >= 0.6 is 0 Å². The number of hydrogen-bond donors (Lipinski definition) is 2. The molecule has 0 atom stereocenters. The van der Waals surface area contributed by atoms with E-state index in [0.29, 0.717) is 0 Å². The van der Waals surface area contributed by atoms with Gasteiger partial charge >= 0.3 is 42.6 Å². The van der Waals surface area contributed by atoms with Gasteiger partial charge in [-0.3, -0.25) is 0 Å². The molecule has 0 heterocycles. The Labute approximate surface area is 106 Å². The molecule has 0 aliphatic rings. The molecule has 2 N–H and O–H groups in total. The molecule has 0 saturated heterocycles. The van der Waals surface area contributed by atoms with Crippen LogP contribution in [0.2, 0.25) is 0 Å². The Morgan fingerprint density at radius 2 is 2.00 bits per heavy atom. The number of ether oxygens (including phenoxy) is 1. The Morgan fingerprint density at radius 1 is 1.43 bits per heavy atom. The zero-order valence-electron chi connectivity index (χ0n) is 9.10. The minimum absolute atomic E-state index is 0. The van der Waals surface area contributed by atoms with Gasteiger partial charge in [-0.15, -0.1) is 0 Å². The molecule has 70 valence electrons. The summed E-state index contributed by atoms with van der Waals surface area (Å²) in [6.45, 7) is 0. The topological polar surface area (TPSA) is 66.8 Å². The fourth-order valence-electron chi connectivity index (χ4n) is 1.02. The molecular formula is C8H10BNaO4. The van der Waals surface area contributed by atoms with Gasteiger partial charge in [0.25, 0.3) is 0 Å². The number of carbonyl (C=O) groups is 1. The number of hydrogen-bond acceptors (Lipinski definition) is 4. The van der Waals surface area contributed by atoms with E-state index >= 15 is 0 Å². The van der Waals surface area contributed by atoms with Crippen molar-refractivity contribution < 1.29 is 50.6 Å². The third-order valence-corrected chi connectivity index (χ3v) is 1.64. The van der Waals surface area contributed by atoms with Gasteiger partial charge in [-0.05, 0) is 11.5 Å². The second-order valence-corrected chi connectivity index (χ2v) is 2.45. The van der Waals surface area contributed by atoms with Crippen molar-refractivity contribution >= 4 is 18.6 Å². The Morgan fingerprint density at radius 3 is 2.50 bits per heavy atom. The number of benzene rings is 1. The molecular weight excluding hydrogens is 194 g/mol. The Balaban J connectivity index is 0. The predicted octanol–water partition coefficient (Wildman–Crippen LogP) is -3.73. The summed E-state index contributed by atoms with van der Waals surface area (Å²) in [6, 6.07) is 6.16. The SMILES string of the molecule is COC(=O)c1ccccc1B(O)O.[H-].[Na+]. The van der Waals surface area contributed by atoms with E-state index in [-0.39, 0.29) is 42.0 Å². The zero-order chi connectivity index (χ0) is 9.84. The molecule has 0 saturated carbocycles. The first kappa shape index (κ1) is 13.7. The van der Waals surface area contributed by atoms with E-state index in [4.69, 9.17) is 10.0 Å². The molecule has 1 aromatic rings. The third kappa shape index (κ3) is 3.11. The molecule has 0 spiro atoms. The molecule has 0 bridgehead atoms. The van der Waals surface area contributed by atoms with Crippen molar-refractivity contribution in [3.8, 4) is 0 Å². The van der Waals surface area contributed by atoms with Crippen molar-refractivity contribution in [3.63, 3.8) is 0 Å². The van der Waals surface area contributed by atoms with Crippen LogP contribution in [0.1, 0.15) is 11.8 Å². The molecule has 14 heavy (non-hydrogen) atoms. The monoisotopic (exact) mass is 204 g/mol. The number of carbonyl (C=O) groups excluding carboxylic acids is 1. The van der Waals surface area contributed by atoms with E-state index < -0.39 is 13.1 Å². The van der Waals surface area contributed by atoms with Crippen LogP contribution in [0.25, 0.3) is 0 Å². The summed E-state index contributed by atoms with van der Waals surface area (Å²) in [5.41, 5.74) is 0.314. The van der Waals surface area contributed by atoms with Crippen LogP contribution in [-0.4, -0.2) is 30.2 Å². The van der Waals surface area contributed by atoms with E-state index in [9.17, 15) is 4.79 Å². The first-order valence-corrected chi connectivity index (χ1v) is 3.70. The Kier molecular flexibility index (Phi) is 6.07. The molecule has 0 fully saturated rings. The summed E-state index contributed by atoms with van der Waals surface area (Å²) < 4.78 is 4.47. The van der Waals surface area contributed by atoms with Crippen LogP contribution < -0.4 is 35.0 Å². The molecule has 0 aliphatic carbocycles. The molecule has 0 amide bonds. The Hall–Kier alpha value is -0.325. The van der Waals surface area contributed by atoms with Crippen molar-refractivity contribution in [1.82, 2.24) is 0 Å². The summed E-state index contributed by atoms with van der Waals surface area (Å²) in [5.74, 6) is -0.580. The van der Waals surface area contributed by atoms with Gasteiger partial charge < -0.3 is 16.2 Å². The normalized spacial score (nSPS) is 8.79. The third-order valence-electron chi connectivity index (χ3n) is 1.64. The maximum atomic E-state index is 11.1. The minimum atomic E-state index is -1.66. The van der Waals surface area contributed by atoms with E-state index in [1.807, 2.05) is 0 Å². The predicted molar refractivity (Wildman–Crippen MR) is 48.7 cm³/mol. The van der Waals surface area contributed by atoms with Crippen LogP contribution in [0.3, 0.4) is 0 Å². The standard InChI is InChI=1S/C8H9BO4.Na.H/c1-13-8(10)6-4-2-3-5-7(6)9(11)12;;/h2-5,11-12H,1H3;;/q;+1;-1. The van der Waals surface area contributed by atoms with Crippen LogP contribution in [-0.2, 0) is 4.74 Å². The first-order chi connectivity index (χ1) is 6.16. The molecule has 1 rings (SSSR count). The summed E-state index contributed by atoms with van der Waals surface area (Å²) in [7, 11) is -0.418. The average molecular weight is 204 g/mol. The van der Waals surface area contributed by atoms with Gasteiger partial charge in [0.15, 0.2) is 0 Å². The average Bonchev–Trinajstić information content (AvgIpc) is 2.16. The Bertz CT molecular complexity index is 321. The van der Waals surface area contributed by atoms with Crippen LogP contribution in [0.4, 0.5) is 0 Å². The number of rotatable bonds is 2.